The zero-order valence-electron chi connectivity index (χ0n) is 12.1. The third-order valence-electron chi connectivity index (χ3n) is 3.53. The largest absolute Gasteiger partial charge is 0.386 e. The minimum absolute atomic E-state index is 0.218. The molecule has 0 bridgehead atoms. The fourth-order valence-corrected chi connectivity index (χ4v) is 2.53. The van der Waals surface area contributed by atoms with Crippen molar-refractivity contribution in [2.45, 2.75) is 32.4 Å². The molecule has 0 aliphatic heterocycles. The van der Waals surface area contributed by atoms with Gasteiger partial charge in [-0.25, -0.2) is 9.67 Å². The Morgan fingerprint density at radius 2 is 1.95 bits per heavy atom. The molecule has 0 saturated heterocycles. The van der Waals surface area contributed by atoms with Gasteiger partial charge < -0.3 is 5.11 Å². The fraction of sp³-hybridized carbons (Fsp3) is 0.312. The van der Waals surface area contributed by atoms with E-state index in [0.717, 1.165) is 16.6 Å². The first-order valence-electron chi connectivity index (χ1n) is 7.07. The molecule has 1 unspecified atom stereocenters. The Labute approximate surface area is 123 Å². The van der Waals surface area contributed by atoms with Crippen LogP contribution < -0.4 is 0 Å². The summed E-state index contributed by atoms with van der Waals surface area (Å²) in [6, 6.07) is 10.1. The highest BCUT2D eigenvalue weighted by molar-refractivity contribution is 5.84. The average Bonchev–Trinajstić information content (AvgIpc) is 2.95. The second-order valence-corrected chi connectivity index (χ2v) is 5.35. The van der Waals surface area contributed by atoms with E-state index in [0.29, 0.717) is 12.1 Å². The quantitative estimate of drug-likeness (QED) is 0.799. The Balaban J connectivity index is 1.94. The van der Waals surface area contributed by atoms with Gasteiger partial charge in [-0.2, -0.15) is 5.10 Å². The van der Waals surface area contributed by atoms with Crippen LogP contribution in [0.2, 0.25) is 0 Å². The molecular weight excluding hydrogens is 264 g/mol. The lowest BCUT2D eigenvalue weighted by molar-refractivity contribution is 0.170. The molecule has 0 spiro atoms. The van der Waals surface area contributed by atoms with Crippen LogP contribution in [0.1, 0.15) is 37.5 Å². The van der Waals surface area contributed by atoms with Crippen LogP contribution in [0.25, 0.3) is 10.8 Å². The Morgan fingerprint density at radius 1 is 1.14 bits per heavy atom. The van der Waals surface area contributed by atoms with E-state index in [9.17, 15) is 5.11 Å². The summed E-state index contributed by atoms with van der Waals surface area (Å²) >= 11 is 0. The normalized spacial score (nSPS) is 13.0. The molecule has 0 amide bonds. The van der Waals surface area contributed by atoms with Crippen molar-refractivity contribution in [1.82, 2.24) is 19.7 Å². The second kappa shape index (κ2) is 5.61. The molecular formula is C16H18N4O. The van der Waals surface area contributed by atoms with E-state index < -0.39 is 6.10 Å². The lowest BCUT2D eigenvalue weighted by Crippen LogP contribution is -2.13. The zero-order chi connectivity index (χ0) is 14.8. The number of pyridine rings is 1. The van der Waals surface area contributed by atoms with Gasteiger partial charge in [0, 0.05) is 24.0 Å². The predicted octanol–water partition coefficient (Wildman–Crippen LogP) is 2.68. The number of benzene rings is 1. The molecule has 0 saturated carbocycles. The lowest BCUT2D eigenvalue weighted by atomic mass is 10.0. The molecule has 108 valence electrons. The number of aliphatic hydroxyl groups is 1. The van der Waals surface area contributed by atoms with Crippen LogP contribution in [-0.4, -0.2) is 24.9 Å². The first-order chi connectivity index (χ1) is 10.2. The number of rotatable bonds is 4. The van der Waals surface area contributed by atoms with Crippen LogP contribution in [0.4, 0.5) is 0 Å². The van der Waals surface area contributed by atoms with Crippen LogP contribution in [0.3, 0.4) is 0 Å². The monoisotopic (exact) mass is 282 g/mol. The van der Waals surface area contributed by atoms with Gasteiger partial charge in [0.25, 0.3) is 0 Å². The van der Waals surface area contributed by atoms with Gasteiger partial charge in [-0.15, -0.1) is 0 Å². The lowest BCUT2D eigenvalue weighted by Gasteiger charge is -2.14. The predicted molar refractivity (Wildman–Crippen MR) is 80.8 cm³/mol. The van der Waals surface area contributed by atoms with Crippen molar-refractivity contribution in [2.24, 2.45) is 0 Å². The Morgan fingerprint density at radius 3 is 2.76 bits per heavy atom. The van der Waals surface area contributed by atoms with Crippen LogP contribution in [0.15, 0.2) is 42.9 Å². The van der Waals surface area contributed by atoms with Gasteiger partial charge >= 0.3 is 0 Å². The Bertz CT molecular complexity index is 745. The van der Waals surface area contributed by atoms with Crippen molar-refractivity contribution >= 4 is 10.8 Å². The van der Waals surface area contributed by atoms with Gasteiger partial charge in [0.15, 0.2) is 0 Å². The number of hydrogen-bond acceptors (Lipinski definition) is 4. The summed E-state index contributed by atoms with van der Waals surface area (Å²) in [7, 11) is 0. The average molecular weight is 282 g/mol. The molecule has 3 rings (SSSR count). The zero-order valence-corrected chi connectivity index (χ0v) is 12.1. The SMILES string of the molecule is CC(C)n1ncnc1CC(O)c1nccc2ccccc12. The number of nitrogens with zero attached hydrogens (tertiary/aromatic N) is 4. The van der Waals surface area contributed by atoms with Gasteiger partial charge in [-0.1, -0.05) is 24.3 Å². The molecule has 0 aliphatic rings. The van der Waals surface area contributed by atoms with Crippen molar-refractivity contribution < 1.29 is 5.11 Å². The standard InChI is InChI=1S/C16H18N4O/c1-11(2)20-15(18-10-19-20)9-14(21)16-13-6-4-3-5-12(13)7-8-17-16/h3-8,10-11,14,21H,9H2,1-2H3. The number of aromatic nitrogens is 4. The highest BCUT2D eigenvalue weighted by Crippen LogP contribution is 2.24. The van der Waals surface area contributed by atoms with Crippen molar-refractivity contribution in [1.29, 1.82) is 0 Å². The first kappa shape index (κ1) is 13.7. The molecule has 5 nitrogen and oxygen atoms in total. The van der Waals surface area contributed by atoms with Crippen molar-refractivity contribution in [3.8, 4) is 0 Å². The molecule has 0 aliphatic carbocycles. The summed E-state index contributed by atoms with van der Waals surface area (Å²) in [4.78, 5) is 8.60. The van der Waals surface area contributed by atoms with Gasteiger partial charge in [-0.05, 0) is 25.3 Å². The number of aliphatic hydroxyl groups excluding tert-OH is 1. The Kier molecular flexibility index (Phi) is 3.66. The summed E-state index contributed by atoms with van der Waals surface area (Å²) in [5.74, 6) is 0.771. The van der Waals surface area contributed by atoms with E-state index in [2.05, 4.69) is 15.1 Å². The highest BCUT2D eigenvalue weighted by Gasteiger charge is 2.17. The van der Waals surface area contributed by atoms with Crippen LogP contribution >= 0.6 is 0 Å². The van der Waals surface area contributed by atoms with Crippen LogP contribution in [0, 0.1) is 0 Å². The van der Waals surface area contributed by atoms with Gasteiger partial charge in [-0.3, -0.25) is 4.98 Å². The third kappa shape index (κ3) is 2.64. The summed E-state index contributed by atoms with van der Waals surface area (Å²) < 4.78 is 1.83. The van der Waals surface area contributed by atoms with Crippen LogP contribution in [-0.2, 0) is 6.42 Å². The smallest absolute Gasteiger partial charge is 0.138 e. The summed E-state index contributed by atoms with van der Waals surface area (Å²) in [6.07, 6.45) is 2.96. The van der Waals surface area contributed by atoms with E-state index in [4.69, 9.17) is 0 Å². The van der Waals surface area contributed by atoms with Crippen LogP contribution in [0.5, 0.6) is 0 Å². The molecule has 2 heterocycles. The van der Waals surface area contributed by atoms with Crippen molar-refractivity contribution in [3.05, 3.63) is 54.4 Å². The maximum atomic E-state index is 10.6. The molecule has 3 aromatic rings. The maximum Gasteiger partial charge on any atom is 0.138 e. The molecule has 21 heavy (non-hydrogen) atoms. The van der Waals surface area contributed by atoms with E-state index in [1.165, 1.54) is 6.33 Å². The van der Waals surface area contributed by atoms with Gasteiger partial charge in [0.1, 0.15) is 18.3 Å². The molecule has 0 radical (unpaired) electrons. The molecule has 1 atom stereocenters. The number of fused-ring (bicyclic) bond motifs is 1. The summed E-state index contributed by atoms with van der Waals surface area (Å²) in [6.45, 7) is 4.08. The molecule has 2 aromatic heterocycles. The summed E-state index contributed by atoms with van der Waals surface area (Å²) in [5.41, 5.74) is 0.686. The molecule has 1 aromatic carbocycles. The van der Waals surface area contributed by atoms with Crippen molar-refractivity contribution in [2.75, 3.05) is 0 Å². The molecule has 5 heteroatoms. The molecule has 0 fully saturated rings. The molecule has 1 N–H and O–H groups in total. The highest BCUT2D eigenvalue weighted by atomic mass is 16.3. The minimum Gasteiger partial charge on any atom is -0.386 e. The van der Waals surface area contributed by atoms with Gasteiger partial charge in [0.05, 0.1) is 5.69 Å². The van der Waals surface area contributed by atoms with Crippen molar-refractivity contribution in [3.63, 3.8) is 0 Å². The topological polar surface area (TPSA) is 63.8 Å². The number of hydrogen-bond donors (Lipinski definition) is 1. The van der Waals surface area contributed by atoms with E-state index in [1.807, 2.05) is 48.9 Å². The van der Waals surface area contributed by atoms with Gasteiger partial charge in [0.2, 0.25) is 0 Å². The maximum absolute atomic E-state index is 10.6. The fourth-order valence-electron chi connectivity index (χ4n) is 2.53. The minimum atomic E-state index is -0.696. The third-order valence-corrected chi connectivity index (χ3v) is 3.53. The first-order valence-corrected chi connectivity index (χ1v) is 7.07. The van der Waals surface area contributed by atoms with E-state index in [-0.39, 0.29) is 6.04 Å². The van der Waals surface area contributed by atoms with E-state index in [1.54, 1.807) is 6.20 Å². The second-order valence-electron chi connectivity index (χ2n) is 5.35. The summed E-state index contributed by atoms with van der Waals surface area (Å²) in [5, 5.41) is 16.8. The van der Waals surface area contributed by atoms with E-state index >= 15 is 0 Å². The Hall–Kier alpha value is -2.27.